The van der Waals surface area contributed by atoms with Crippen molar-refractivity contribution in [3.63, 3.8) is 0 Å². The first-order chi connectivity index (χ1) is 7.74. The number of hydrogen-bond acceptors (Lipinski definition) is 2. The molecule has 0 amide bonds. The van der Waals surface area contributed by atoms with Crippen molar-refractivity contribution >= 4 is 27.5 Å². The molecular formula is C12H9BrClNO. The molecule has 0 aliphatic carbocycles. The summed E-state index contributed by atoms with van der Waals surface area (Å²) in [7, 11) is 0. The summed E-state index contributed by atoms with van der Waals surface area (Å²) in [4.78, 5) is 4.08. The number of nitrogens with zero attached hydrogens (tertiary/aromatic N) is 1. The molecule has 4 heteroatoms. The quantitative estimate of drug-likeness (QED) is 0.797. The Morgan fingerprint density at radius 3 is 2.50 bits per heavy atom. The average Bonchev–Trinajstić information content (AvgIpc) is 2.30. The fourth-order valence-corrected chi connectivity index (χ4v) is 1.56. The molecular weight excluding hydrogens is 289 g/mol. The zero-order valence-electron chi connectivity index (χ0n) is 8.36. The zero-order valence-corrected chi connectivity index (χ0v) is 10.7. The molecule has 0 unspecified atom stereocenters. The van der Waals surface area contributed by atoms with E-state index in [1.807, 2.05) is 36.4 Å². The standard InChI is InChI=1S/C12H9BrClNO/c13-12-6-5-11(7-15-12)16-8-9-1-3-10(14)4-2-9/h1-7H,8H2. The number of benzene rings is 1. The molecule has 2 aromatic rings. The van der Waals surface area contributed by atoms with Gasteiger partial charge in [0.15, 0.2) is 0 Å². The molecule has 0 aliphatic rings. The molecule has 0 aliphatic heterocycles. The van der Waals surface area contributed by atoms with Crippen molar-refractivity contribution in [1.82, 2.24) is 4.98 Å². The number of hydrogen-bond donors (Lipinski definition) is 0. The van der Waals surface area contributed by atoms with Gasteiger partial charge in [-0.3, -0.25) is 0 Å². The molecule has 2 rings (SSSR count). The van der Waals surface area contributed by atoms with E-state index in [-0.39, 0.29) is 0 Å². The van der Waals surface area contributed by atoms with E-state index in [2.05, 4.69) is 20.9 Å². The van der Waals surface area contributed by atoms with Gasteiger partial charge in [0.1, 0.15) is 17.0 Å². The third-order valence-electron chi connectivity index (χ3n) is 2.02. The first-order valence-corrected chi connectivity index (χ1v) is 5.90. The summed E-state index contributed by atoms with van der Waals surface area (Å²) >= 11 is 9.06. The lowest BCUT2D eigenvalue weighted by atomic mass is 10.2. The minimum Gasteiger partial charge on any atom is -0.487 e. The van der Waals surface area contributed by atoms with Crippen molar-refractivity contribution in [2.75, 3.05) is 0 Å². The molecule has 16 heavy (non-hydrogen) atoms. The Kier molecular flexibility index (Phi) is 3.80. The lowest BCUT2D eigenvalue weighted by molar-refractivity contribution is 0.305. The van der Waals surface area contributed by atoms with Crippen LogP contribution in [0.15, 0.2) is 47.2 Å². The van der Waals surface area contributed by atoms with Crippen LogP contribution in [-0.4, -0.2) is 4.98 Å². The Morgan fingerprint density at radius 2 is 1.88 bits per heavy atom. The van der Waals surface area contributed by atoms with Crippen LogP contribution in [0.1, 0.15) is 5.56 Å². The van der Waals surface area contributed by atoms with Crippen molar-refractivity contribution in [2.45, 2.75) is 6.61 Å². The summed E-state index contributed by atoms with van der Waals surface area (Å²) in [6.45, 7) is 0.514. The van der Waals surface area contributed by atoms with E-state index in [0.717, 1.165) is 20.9 Å². The van der Waals surface area contributed by atoms with E-state index in [4.69, 9.17) is 16.3 Å². The summed E-state index contributed by atoms with van der Waals surface area (Å²) in [5.74, 6) is 0.748. The van der Waals surface area contributed by atoms with Crippen molar-refractivity contribution in [1.29, 1.82) is 0 Å². The van der Waals surface area contributed by atoms with E-state index in [1.165, 1.54) is 0 Å². The van der Waals surface area contributed by atoms with Gasteiger partial charge >= 0.3 is 0 Å². The molecule has 0 atom stereocenters. The second-order valence-corrected chi connectivity index (χ2v) is 4.48. The third kappa shape index (κ3) is 3.22. The highest BCUT2D eigenvalue weighted by atomic mass is 79.9. The second-order valence-electron chi connectivity index (χ2n) is 3.23. The molecule has 0 N–H and O–H groups in total. The van der Waals surface area contributed by atoms with Gasteiger partial charge in [-0.15, -0.1) is 0 Å². The highest BCUT2D eigenvalue weighted by Crippen LogP contribution is 2.15. The van der Waals surface area contributed by atoms with Crippen LogP contribution >= 0.6 is 27.5 Å². The monoisotopic (exact) mass is 297 g/mol. The van der Waals surface area contributed by atoms with Gasteiger partial charge in [-0.2, -0.15) is 0 Å². The fraction of sp³-hybridized carbons (Fsp3) is 0.0833. The van der Waals surface area contributed by atoms with Gasteiger partial charge in [0.2, 0.25) is 0 Å². The second kappa shape index (κ2) is 5.32. The highest BCUT2D eigenvalue weighted by Gasteiger charge is 1.96. The topological polar surface area (TPSA) is 22.1 Å². The number of ether oxygens (including phenoxy) is 1. The lowest BCUT2D eigenvalue weighted by Gasteiger charge is -2.05. The molecule has 1 aromatic heterocycles. The first-order valence-electron chi connectivity index (χ1n) is 4.73. The summed E-state index contributed by atoms with van der Waals surface area (Å²) in [5, 5.41) is 0.731. The molecule has 0 fully saturated rings. The third-order valence-corrected chi connectivity index (χ3v) is 2.74. The van der Waals surface area contributed by atoms with Gasteiger partial charge in [-0.1, -0.05) is 23.7 Å². The Balaban J connectivity index is 1.97. The van der Waals surface area contributed by atoms with Gasteiger partial charge in [0.05, 0.1) is 6.20 Å². The van der Waals surface area contributed by atoms with Crippen LogP contribution in [0.3, 0.4) is 0 Å². The number of pyridine rings is 1. The van der Waals surface area contributed by atoms with Gasteiger partial charge < -0.3 is 4.74 Å². The Hall–Kier alpha value is -1.06. The zero-order chi connectivity index (χ0) is 11.4. The van der Waals surface area contributed by atoms with Gasteiger partial charge in [-0.25, -0.2) is 4.98 Å². The van der Waals surface area contributed by atoms with Crippen LogP contribution in [-0.2, 0) is 6.61 Å². The van der Waals surface area contributed by atoms with Crippen LogP contribution in [0.25, 0.3) is 0 Å². The van der Waals surface area contributed by atoms with E-state index >= 15 is 0 Å². The van der Waals surface area contributed by atoms with E-state index in [9.17, 15) is 0 Å². The molecule has 0 radical (unpaired) electrons. The molecule has 0 bridgehead atoms. The Morgan fingerprint density at radius 1 is 1.12 bits per heavy atom. The smallest absolute Gasteiger partial charge is 0.138 e. The molecule has 1 aromatic carbocycles. The van der Waals surface area contributed by atoms with Gasteiger partial charge in [0.25, 0.3) is 0 Å². The minimum absolute atomic E-state index is 0.514. The van der Waals surface area contributed by atoms with E-state index < -0.39 is 0 Å². The Bertz CT molecular complexity index is 410. The van der Waals surface area contributed by atoms with Crippen LogP contribution in [0.5, 0.6) is 5.75 Å². The molecule has 2 nitrogen and oxygen atoms in total. The van der Waals surface area contributed by atoms with E-state index in [1.54, 1.807) is 6.20 Å². The van der Waals surface area contributed by atoms with E-state index in [0.29, 0.717) is 6.61 Å². The number of rotatable bonds is 3. The normalized spacial score (nSPS) is 10.1. The van der Waals surface area contributed by atoms with Crippen LogP contribution in [0, 0.1) is 0 Å². The lowest BCUT2D eigenvalue weighted by Crippen LogP contribution is -1.95. The minimum atomic E-state index is 0.514. The molecule has 82 valence electrons. The van der Waals surface area contributed by atoms with Gasteiger partial charge in [0, 0.05) is 5.02 Å². The fourth-order valence-electron chi connectivity index (χ4n) is 1.19. The maximum absolute atomic E-state index is 5.79. The number of halogens is 2. The summed E-state index contributed by atoms with van der Waals surface area (Å²) in [6, 6.07) is 11.3. The predicted molar refractivity (Wildman–Crippen MR) is 67.7 cm³/mol. The van der Waals surface area contributed by atoms with Crippen LogP contribution in [0.2, 0.25) is 5.02 Å². The maximum Gasteiger partial charge on any atom is 0.138 e. The molecule has 1 heterocycles. The van der Waals surface area contributed by atoms with Crippen LogP contribution < -0.4 is 4.74 Å². The Labute approximate surface area is 107 Å². The molecule has 0 saturated carbocycles. The largest absolute Gasteiger partial charge is 0.487 e. The maximum atomic E-state index is 5.79. The van der Waals surface area contributed by atoms with Crippen molar-refractivity contribution in [2.24, 2.45) is 0 Å². The molecule has 0 spiro atoms. The van der Waals surface area contributed by atoms with Crippen LogP contribution in [0.4, 0.5) is 0 Å². The SMILES string of the molecule is Clc1ccc(COc2ccc(Br)nc2)cc1. The first kappa shape index (κ1) is 11.4. The average molecular weight is 299 g/mol. The van der Waals surface area contributed by atoms with Gasteiger partial charge in [-0.05, 0) is 45.8 Å². The molecule has 0 saturated heterocycles. The van der Waals surface area contributed by atoms with Crippen molar-refractivity contribution in [3.8, 4) is 5.75 Å². The summed E-state index contributed by atoms with van der Waals surface area (Å²) < 4.78 is 6.36. The number of aromatic nitrogens is 1. The highest BCUT2D eigenvalue weighted by molar-refractivity contribution is 9.10. The van der Waals surface area contributed by atoms with Crippen molar-refractivity contribution in [3.05, 3.63) is 57.8 Å². The summed E-state index contributed by atoms with van der Waals surface area (Å²) in [6.07, 6.45) is 1.68. The summed E-state index contributed by atoms with van der Waals surface area (Å²) in [5.41, 5.74) is 1.08. The predicted octanol–water partition coefficient (Wildman–Crippen LogP) is 4.08. The van der Waals surface area contributed by atoms with Crippen molar-refractivity contribution < 1.29 is 4.74 Å².